The SMILES string of the molecule is Cl.Cl.Cl.NC1CCCC(C(=O)Nc2cccc(N3CCN(CC4CC4)CC3)c2)C1. The smallest absolute Gasteiger partial charge is 0.227 e. The number of rotatable bonds is 5. The molecule has 0 spiro atoms. The number of hydrogen-bond acceptors (Lipinski definition) is 4. The van der Waals surface area contributed by atoms with E-state index in [2.05, 4.69) is 27.2 Å². The van der Waals surface area contributed by atoms with Gasteiger partial charge in [-0.3, -0.25) is 9.69 Å². The Morgan fingerprint density at radius 2 is 1.76 bits per heavy atom. The molecule has 1 heterocycles. The van der Waals surface area contributed by atoms with Gasteiger partial charge in [0.05, 0.1) is 0 Å². The summed E-state index contributed by atoms with van der Waals surface area (Å²) >= 11 is 0. The molecule has 0 bridgehead atoms. The Morgan fingerprint density at radius 3 is 2.41 bits per heavy atom. The number of benzene rings is 1. The van der Waals surface area contributed by atoms with Gasteiger partial charge in [-0.1, -0.05) is 12.5 Å². The number of anilines is 2. The van der Waals surface area contributed by atoms with Crippen LogP contribution in [0.3, 0.4) is 0 Å². The molecule has 166 valence electrons. The van der Waals surface area contributed by atoms with Gasteiger partial charge in [-0.05, 0) is 56.2 Å². The summed E-state index contributed by atoms with van der Waals surface area (Å²) in [6.07, 6.45) is 6.73. The molecule has 0 radical (unpaired) electrons. The maximum absolute atomic E-state index is 12.6. The molecule has 29 heavy (non-hydrogen) atoms. The lowest BCUT2D eigenvalue weighted by Gasteiger charge is -2.36. The lowest BCUT2D eigenvalue weighted by molar-refractivity contribution is -0.120. The maximum Gasteiger partial charge on any atom is 0.227 e. The quantitative estimate of drug-likeness (QED) is 0.691. The van der Waals surface area contributed by atoms with Crippen molar-refractivity contribution in [1.82, 2.24) is 4.90 Å². The van der Waals surface area contributed by atoms with E-state index < -0.39 is 0 Å². The molecule has 4 rings (SSSR count). The highest BCUT2D eigenvalue weighted by Gasteiger charge is 2.27. The highest BCUT2D eigenvalue weighted by atomic mass is 35.5. The number of amides is 1. The molecule has 2 aliphatic carbocycles. The van der Waals surface area contributed by atoms with Crippen molar-refractivity contribution < 1.29 is 4.79 Å². The first-order valence-electron chi connectivity index (χ1n) is 10.3. The molecule has 2 atom stereocenters. The average molecular weight is 466 g/mol. The Labute approximate surface area is 193 Å². The van der Waals surface area contributed by atoms with Crippen molar-refractivity contribution >= 4 is 54.5 Å². The molecule has 2 saturated carbocycles. The first-order chi connectivity index (χ1) is 12.7. The van der Waals surface area contributed by atoms with Gasteiger partial charge in [-0.25, -0.2) is 0 Å². The molecule has 1 aromatic carbocycles. The first-order valence-corrected chi connectivity index (χ1v) is 10.3. The zero-order chi connectivity index (χ0) is 17.9. The largest absolute Gasteiger partial charge is 0.369 e. The Balaban J connectivity index is 0.00000140. The lowest BCUT2D eigenvalue weighted by atomic mass is 9.85. The number of hydrogen-bond donors (Lipinski definition) is 2. The second-order valence-electron chi connectivity index (χ2n) is 8.39. The summed E-state index contributed by atoms with van der Waals surface area (Å²) in [4.78, 5) is 17.6. The van der Waals surface area contributed by atoms with E-state index in [9.17, 15) is 4.79 Å². The van der Waals surface area contributed by atoms with Gasteiger partial charge in [0.25, 0.3) is 0 Å². The molecular formula is C21H35Cl3N4O. The number of nitrogens with two attached hydrogens (primary N) is 1. The Morgan fingerprint density at radius 1 is 1.03 bits per heavy atom. The number of carbonyl (C=O) groups is 1. The molecule has 1 aromatic rings. The second kappa shape index (κ2) is 12.2. The zero-order valence-electron chi connectivity index (χ0n) is 16.9. The van der Waals surface area contributed by atoms with Crippen LogP contribution in [0.1, 0.15) is 38.5 Å². The van der Waals surface area contributed by atoms with Crippen LogP contribution in [0.5, 0.6) is 0 Å². The van der Waals surface area contributed by atoms with Crippen LogP contribution in [0.15, 0.2) is 24.3 Å². The van der Waals surface area contributed by atoms with Crippen LogP contribution in [-0.2, 0) is 4.79 Å². The van der Waals surface area contributed by atoms with Gasteiger partial charge in [-0.2, -0.15) is 0 Å². The van der Waals surface area contributed by atoms with Gasteiger partial charge < -0.3 is 16.0 Å². The second-order valence-corrected chi connectivity index (χ2v) is 8.39. The fraction of sp³-hybridized carbons (Fsp3) is 0.667. The molecule has 2 unspecified atom stereocenters. The summed E-state index contributed by atoms with van der Waals surface area (Å²) in [5.74, 6) is 1.16. The predicted octanol–water partition coefficient (Wildman–Crippen LogP) is 3.94. The van der Waals surface area contributed by atoms with E-state index in [0.717, 1.165) is 63.5 Å². The fourth-order valence-electron chi connectivity index (χ4n) is 4.34. The van der Waals surface area contributed by atoms with E-state index >= 15 is 0 Å². The minimum Gasteiger partial charge on any atom is -0.369 e. The first kappa shape index (κ1) is 26.3. The topological polar surface area (TPSA) is 61.6 Å². The van der Waals surface area contributed by atoms with Crippen molar-refractivity contribution in [3.8, 4) is 0 Å². The normalized spacial score (nSPS) is 24.5. The van der Waals surface area contributed by atoms with E-state index in [1.807, 2.05) is 12.1 Å². The monoisotopic (exact) mass is 464 g/mol. The molecule has 3 fully saturated rings. The summed E-state index contributed by atoms with van der Waals surface area (Å²) in [6.45, 7) is 5.72. The highest BCUT2D eigenvalue weighted by Crippen LogP contribution is 2.30. The highest BCUT2D eigenvalue weighted by molar-refractivity contribution is 5.93. The third-order valence-electron chi connectivity index (χ3n) is 6.15. The Kier molecular flexibility index (Phi) is 11.1. The van der Waals surface area contributed by atoms with Gasteiger partial charge in [0.1, 0.15) is 0 Å². The van der Waals surface area contributed by atoms with E-state index in [1.165, 1.54) is 25.1 Å². The maximum atomic E-state index is 12.6. The molecule has 5 nitrogen and oxygen atoms in total. The van der Waals surface area contributed by atoms with Crippen LogP contribution in [0.4, 0.5) is 11.4 Å². The summed E-state index contributed by atoms with van der Waals surface area (Å²) in [5.41, 5.74) is 8.16. The number of carbonyl (C=O) groups excluding carboxylic acids is 1. The Bertz CT molecular complexity index is 636. The van der Waals surface area contributed by atoms with Crippen LogP contribution in [-0.4, -0.2) is 49.6 Å². The van der Waals surface area contributed by atoms with Crippen molar-refractivity contribution in [2.45, 2.75) is 44.6 Å². The zero-order valence-corrected chi connectivity index (χ0v) is 19.4. The van der Waals surface area contributed by atoms with Gasteiger partial charge in [0, 0.05) is 56.1 Å². The van der Waals surface area contributed by atoms with E-state index in [-0.39, 0.29) is 55.1 Å². The van der Waals surface area contributed by atoms with E-state index in [1.54, 1.807) is 0 Å². The van der Waals surface area contributed by atoms with Crippen molar-refractivity contribution in [3.63, 3.8) is 0 Å². The van der Waals surface area contributed by atoms with Gasteiger partial charge >= 0.3 is 0 Å². The third-order valence-corrected chi connectivity index (χ3v) is 6.15. The summed E-state index contributed by atoms with van der Waals surface area (Å²) in [5, 5.41) is 3.12. The van der Waals surface area contributed by atoms with Crippen LogP contribution >= 0.6 is 37.2 Å². The molecule has 1 saturated heterocycles. The predicted molar refractivity (Wildman–Crippen MR) is 128 cm³/mol. The van der Waals surface area contributed by atoms with Crippen molar-refractivity contribution in [3.05, 3.63) is 24.3 Å². The van der Waals surface area contributed by atoms with Crippen LogP contribution in [0.2, 0.25) is 0 Å². The molecule has 3 aliphatic rings. The van der Waals surface area contributed by atoms with Gasteiger partial charge in [0.2, 0.25) is 5.91 Å². The summed E-state index contributed by atoms with van der Waals surface area (Å²) in [7, 11) is 0. The van der Waals surface area contributed by atoms with E-state index in [0.29, 0.717) is 0 Å². The van der Waals surface area contributed by atoms with Crippen molar-refractivity contribution in [2.75, 3.05) is 42.9 Å². The number of piperazine rings is 1. The number of nitrogens with one attached hydrogen (secondary N) is 1. The van der Waals surface area contributed by atoms with E-state index in [4.69, 9.17) is 5.73 Å². The fourth-order valence-corrected chi connectivity index (χ4v) is 4.34. The molecule has 1 aliphatic heterocycles. The van der Waals surface area contributed by atoms with Gasteiger partial charge in [0.15, 0.2) is 0 Å². The van der Waals surface area contributed by atoms with Crippen molar-refractivity contribution in [1.29, 1.82) is 0 Å². The van der Waals surface area contributed by atoms with Crippen LogP contribution in [0, 0.1) is 11.8 Å². The third kappa shape index (κ3) is 7.48. The molecule has 0 aromatic heterocycles. The van der Waals surface area contributed by atoms with Crippen LogP contribution in [0.25, 0.3) is 0 Å². The number of nitrogens with zero attached hydrogens (tertiary/aromatic N) is 2. The minimum absolute atomic E-state index is 0. The lowest BCUT2D eigenvalue weighted by Crippen LogP contribution is -2.47. The minimum atomic E-state index is 0. The molecule has 8 heteroatoms. The van der Waals surface area contributed by atoms with Crippen LogP contribution < -0.4 is 16.0 Å². The Hall–Kier alpha value is -0.720. The van der Waals surface area contributed by atoms with Crippen molar-refractivity contribution in [2.24, 2.45) is 17.6 Å². The average Bonchev–Trinajstić information content (AvgIpc) is 3.47. The molecule has 1 amide bonds. The van der Waals surface area contributed by atoms with Gasteiger partial charge in [-0.15, -0.1) is 37.2 Å². The molecular weight excluding hydrogens is 431 g/mol. The standard InChI is InChI=1S/C21H32N4O.3ClH/c22-18-4-1-3-17(13-18)21(26)23-19-5-2-6-20(14-19)25-11-9-24(10-12-25)15-16-7-8-16;;;/h2,5-6,14,16-18H,1,3-4,7-13,15,22H2,(H,23,26);3*1H. The summed E-state index contributed by atoms with van der Waals surface area (Å²) in [6, 6.07) is 8.50. The summed E-state index contributed by atoms with van der Waals surface area (Å²) < 4.78 is 0. The molecule has 3 N–H and O–H groups in total. The number of halogens is 3.